The minimum Gasteiger partial charge on any atom is -0.497 e. The highest BCUT2D eigenvalue weighted by Gasteiger charge is 2.63. The number of imide groups is 2. The number of benzene rings is 2. The number of carbonyl (C=O) groups excluding carboxylic acids is 3. The van der Waals surface area contributed by atoms with Gasteiger partial charge in [0, 0.05) is 32.1 Å². The fourth-order valence-electron chi connectivity index (χ4n) is 4.08. The Kier molecular flexibility index (Phi) is 4.45. The van der Waals surface area contributed by atoms with Crippen LogP contribution in [0.4, 0.5) is 4.79 Å². The summed E-state index contributed by atoms with van der Waals surface area (Å²) in [6.07, 6.45) is 0.406. The Balaban J connectivity index is 1.89. The van der Waals surface area contributed by atoms with Crippen molar-refractivity contribution in [2.75, 3.05) is 21.2 Å². The lowest BCUT2D eigenvalue weighted by Gasteiger charge is -2.40. The van der Waals surface area contributed by atoms with Gasteiger partial charge in [0.1, 0.15) is 5.75 Å². The predicted molar refractivity (Wildman–Crippen MR) is 107 cm³/mol. The van der Waals surface area contributed by atoms with Gasteiger partial charge in [0.05, 0.1) is 7.11 Å². The lowest BCUT2D eigenvalue weighted by Crippen LogP contribution is -2.67. The molecule has 0 radical (unpaired) electrons. The van der Waals surface area contributed by atoms with Crippen molar-refractivity contribution < 1.29 is 19.1 Å². The van der Waals surface area contributed by atoms with E-state index >= 15 is 0 Å². The number of amides is 4. The summed E-state index contributed by atoms with van der Waals surface area (Å²) >= 11 is 0. The van der Waals surface area contributed by atoms with Crippen LogP contribution in [0.2, 0.25) is 0 Å². The van der Waals surface area contributed by atoms with E-state index in [9.17, 15) is 14.4 Å². The second kappa shape index (κ2) is 6.84. The minimum absolute atomic E-state index is 0.406. The second-order valence-electron chi connectivity index (χ2n) is 7.23. The molecule has 0 saturated carbocycles. The molecule has 4 rings (SSSR count). The number of carbonyl (C=O) groups is 3. The number of barbiturate groups is 1. The summed E-state index contributed by atoms with van der Waals surface area (Å²) in [6.45, 7) is 0. The van der Waals surface area contributed by atoms with Crippen LogP contribution in [0.1, 0.15) is 23.5 Å². The van der Waals surface area contributed by atoms with Gasteiger partial charge in [-0.25, -0.2) is 4.79 Å². The van der Waals surface area contributed by atoms with Crippen LogP contribution in [0.15, 0.2) is 59.6 Å². The van der Waals surface area contributed by atoms with Crippen molar-refractivity contribution >= 4 is 23.6 Å². The van der Waals surface area contributed by atoms with Gasteiger partial charge in [0.2, 0.25) is 5.54 Å². The van der Waals surface area contributed by atoms with E-state index in [0.717, 1.165) is 20.9 Å². The van der Waals surface area contributed by atoms with Gasteiger partial charge in [-0.1, -0.05) is 42.5 Å². The number of urea groups is 1. The van der Waals surface area contributed by atoms with E-state index in [0.29, 0.717) is 17.9 Å². The van der Waals surface area contributed by atoms with Gasteiger partial charge in [0.25, 0.3) is 11.8 Å². The molecule has 7 heteroatoms. The number of methoxy groups -OCH3 is 1. The van der Waals surface area contributed by atoms with Crippen LogP contribution in [-0.2, 0) is 9.59 Å². The third-order valence-corrected chi connectivity index (χ3v) is 5.67. The van der Waals surface area contributed by atoms with Crippen LogP contribution in [-0.4, -0.2) is 60.1 Å². The van der Waals surface area contributed by atoms with Gasteiger partial charge in [-0.2, -0.15) is 0 Å². The predicted octanol–water partition coefficient (Wildman–Crippen LogP) is 2.46. The molecular weight excluding hydrogens is 370 g/mol. The van der Waals surface area contributed by atoms with Crippen LogP contribution < -0.4 is 4.74 Å². The molecule has 2 aromatic rings. The van der Waals surface area contributed by atoms with Gasteiger partial charge in [-0.15, -0.1) is 0 Å². The standard InChI is InChI=1S/C22H21N3O4/c1-24-19(26)22(20(27)25(2)21(24)28)17(14-9-11-16(29-3)12-10-14)13-18(23-22)15-7-5-4-6-8-15/h4-12,17H,13H2,1-3H3. The fraction of sp³-hybridized carbons (Fsp3) is 0.273. The summed E-state index contributed by atoms with van der Waals surface area (Å²) in [7, 11) is 4.35. The molecule has 7 nitrogen and oxygen atoms in total. The SMILES string of the molecule is COc1ccc(C2CC(c3ccccc3)=NC23C(=O)N(C)C(=O)N(C)C3=O)cc1. The molecule has 29 heavy (non-hydrogen) atoms. The van der Waals surface area contributed by atoms with E-state index in [1.54, 1.807) is 19.2 Å². The Hall–Kier alpha value is -3.48. The molecule has 0 aromatic heterocycles. The number of hydrogen-bond donors (Lipinski definition) is 0. The number of ether oxygens (including phenoxy) is 1. The Morgan fingerprint density at radius 1 is 0.931 bits per heavy atom. The summed E-state index contributed by atoms with van der Waals surface area (Å²) in [5.74, 6) is -1.05. The van der Waals surface area contributed by atoms with E-state index in [1.165, 1.54) is 14.1 Å². The van der Waals surface area contributed by atoms with Crippen LogP contribution in [0, 0.1) is 0 Å². The van der Waals surface area contributed by atoms with Crippen molar-refractivity contribution in [3.8, 4) is 5.75 Å². The molecule has 1 fully saturated rings. The molecule has 2 aliphatic heterocycles. The van der Waals surface area contributed by atoms with Crippen molar-refractivity contribution in [2.45, 2.75) is 17.9 Å². The highest BCUT2D eigenvalue weighted by molar-refractivity contribution is 6.25. The van der Waals surface area contributed by atoms with Crippen molar-refractivity contribution in [2.24, 2.45) is 4.99 Å². The molecule has 1 atom stereocenters. The van der Waals surface area contributed by atoms with E-state index in [1.807, 2.05) is 42.5 Å². The largest absolute Gasteiger partial charge is 0.497 e. The zero-order valence-electron chi connectivity index (χ0n) is 16.5. The molecule has 0 N–H and O–H groups in total. The van der Waals surface area contributed by atoms with Gasteiger partial charge in [0.15, 0.2) is 0 Å². The average molecular weight is 391 g/mol. The molecule has 1 spiro atoms. The first-order valence-corrected chi connectivity index (χ1v) is 9.28. The first kappa shape index (κ1) is 18.9. The molecule has 148 valence electrons. The third kappa shape index (κ3) is 2.73. The van der Waals surface area contributed by atoms with E-state index in [2.05, 4.69) is 0 Å². The van der Waals surface area contributed by atoms with E-state index in [4.69, 9.17) is 9.73 Å². The highest BCUT2D eigenvalue weighted by atomic mass is 16.5. The fourth-order valence-corrected chi connectivity index (χ4v) is 4.08. The molecule has 2 aliphatic rings. The van der Waals surface area contributed by atoms with Crippen molar-refractivity contribution in [1.29, 1.82) is 0 Å². The maximum atomic E-state index is 13.3. The zero-order valence-corrected chi connectivity index (χ0v) is 16.5. The molecule has 1 saturated heterocycles. The first-order chi connectivity index (χ1) is 13.9. The Morgan fingerprint density at radius 2 is 1.52 bits per heavy atom. The third-order valence-electron chi connectivity index (χ3n) is 5.67. The van der Waals surface area contributed by atoms with Gasteiger partial charge >= 0.3 is 6.03 Å². The minimum atomic E-state index is -1.70. The van der Waals surface area contributed by atoms with Crippen molar-refractivity contribution in [3.63, 3.8) is 0 Å². The monoisotopic (exact) mass is 391 g/mol. The highest BCUT2D eigenvalue weighted by Crippen LogP contribution is 2.45. The number of hydrogen-bond acceptors (Lipinski definition) is 5. The number of nitrogens with zero attached hydrogens (tertiary/aromatic N) is 3. The summed E-state index contributed by atoms with van der Waals surface area (Å²) in [6, 6.07) is 16.1. The normalized spacial score (nSPS) is 21.0. The van der Waals surface area contributed by atoms with E-state index < -0.39 is 29.3 Å². The molecular formula is C22H21N3O4. The smallest absolute Gasteiger partial charge is 0.333 e. The number of likely N-dealkylation sites (N-methyl/N-ethyl adjacent to an activating group) is 2. The molecule has 2 heterocycles. The van der Waals surface area contributed by atoms with Crippen LogP contribution in [0.3, 0.4) is 0 Å². The van der Waals surface area contributed by atoms with E-state index in [-0.39, 0.29) is 0 Å². The Bertz CT molecular complexity index is 990. The quantitative estimate of drug-likeness (QED) is 0.753. The van der Waals surface area contributed by atoms with Crippen molar-refractivity contribution in [1.82, 2.24) is 9.80 Å². The summed E-state index contributed by atoms with van der Waals surface area (Å²) < 4.78 is 5.23. The van der Waals surface area contributed by atoms with Crippen molar-refractivity contribution in [3.05, 3.63) is 65.7 Å². The van der Waals surface area contributed by atoms with Crippen LogP contribution >= 0.6 is 0 Å². The average Bonchev–Trinajstić information content (AvgIpc) is 3.18. The lowest BCUT2D eigenvalue weighted by molar-refractivity contribution is -0.150. The summed E-state index contributed by atoms with van der Waals surface area (Å²) in [4.78, 5) is 45.6. The lowest BCUT2D eigenvalue weighted by atomic mass is 9.76. The molecule has 1 unspecified atom stereocenters. The van der Waals surface area contributed by atoms with Crippen LogP contribution in [0.25, 0.3) is 0 Å². The molecule has 2 aromatic carbocycles. The second-order valence-corrected chi connectivity index (χ2v) is 7.23. The van der Waals surface area contributed by atoms with Gasteiger partial charge < -0.3 is 4.74 Å². The topological polar surface area (TPSA) is 79.3 Å². The summed E-state index contributed by atoms with van der Waals surface area (Å²) in [5.41, 5.74) is 0.616. The first-order valence-electron chi connectivity index (χ1n) is 9.28. The maximum Gasteiger partial charge on any atom is 0.333 e. The van der Waals surface area contributed by atoms with Gasteiger partial charge in [-0.05, 0) is 23.3 Å². The number of rotatable bonds is 3. The Labute approximate surface area is 168 Å². The zero-order chi connectivity index (χ0) is 20.8. The number of aliphatic imine (C=N–C) groups is 1. The Morgan fingerprint density at radius 3 is 2.07 bits per heavy atom. The maximum absolute atomic E-state index is 13.3. The van der Waals surface area contributed by atoms with Crippen LogP contribution in [0.5, 0.6) is 5.75 Å². The van der Waals surface area contributed by atoms with Gasteiger partial charge in [-0.3, -0.25) is 24.4 Å². The summed E-state index contributed by atoms with van der Waals surface area (Å²) in [5, 5.41) is 0. The molecule has 0 bridgehead atoms. The molecule has 0 aliphatic carbocycles. The molecule has 4 amide bonds.